The molecule has 114 valence electrons. The molecule has 0 bridgehead atoms. The van der Waals surface area contributed by atoms with Crippen molar-refractivity contribution in [3.05, 3.63) is 35.6 Å². The van der Waals surface area contributed by atoms with Crippen LogP contribution in [0.2, 0.25) is 0 Å². The zero-order valence-electron chi connectivity index (χ0n) is 13.0. The van der Waals surface area contributed by atoms with E-state index < -0.39 is 0 Å². The Kier molecular flexibility index (Phi) is 8.47. The Morgan fingerprint density at radius 1 is 1.15 bits per heavy atom. The zero-order valence-corrected chi connectivity index (χ0v) is 13.0. The molecular weight excluding hydrogens is 253 g/mol. The van der Waals surface area contributed by atoms with E-state index >= 15 is 0 Å². The summed E-state index contributed by atoms with van der Waals surface area (Å²) in [5.41, 5.74) is 1.23. The number of hydrogen-bond acceptors (Lipinski definition) is 2. The molecule has 1 aromatic rings. The van der Waals surface area contributed by atoms with Crippen LogP contribution < -0.4 is 5.32 Å². The molecule has 0 aliphatic carbocycles. The molecule has 1 atom stereocenters. The van der Waals surface area contributed by atoms with Gasteiger partial charge in [0.05, 0.1) is 6.61 Å². The highest BCUT2D eigenvalue weighted by molar-refractivity contribution is 5.21. The van der Waals surface area contributed by atoms with E-state index in [0.29, 0.717) is 5.92 Å². The molecule has 3 heteroatoms. The van der Waals surface area contributed by atoms with Gasteiger partial charge in [-0.3, -0.25) is 0 Å². The van der Waals surface area contributed by atoms with Crippen molar-refractivity contribution in [3.63, 3.8) is 0 Å². The molecule has 0 radical (unpaired) electrons. The first-order valence-corrected chi connectivity index (χ1v) is 7.66. The van der Waals surface area contributed by atoms with Gasteiger partial charge in [-0.1, -0.05) is 38.8 Å². The molecule has 0 heterocycles. The standard InChI is InChI=1S/C17H28FNO/c1-4-14(5-2)12-16(13-19-10-11-20-3)15-6-8-17(18)9-7-15/h6-9,14,16,19H,4-5,10-13H2,1-3H3. The molecule has 1 aromatic carbocycles. The highest BCUT2D eigenvalue weighted by atomic mass is 19.1. The van der Waals surface area contributed by atoms with Crippen molar-refractivity contribution >= 4 is 0 Å². The van der Waals surface area contributed by atoms with E-state index in [4.69, 9.17) is 4.74 Å². The molecule has 0 saturated carbocycles. The molecular formula is C17H28FNO. The van der Waals surface area contributed by atoms with E-state index in [2.05, 4.69) is 19.2 Å². The highest BCUT2D eigenvalue weighted by Crippen LogP contribution is 2.27. The second kappa shape index (κ2) is 9.89. The van der Waals surface area contributed by atoms with Crippen molar-refractivity contribution in [3.8, 4) is 0 Å². The largest absolute Gasteiger partial charge is 0.383 e. The van der Waals surface area contributed by atoms with E-state index in [1.165, 1.54) is 18.4 Å². The van der Waals surface area contributed by atoms with Crippen LogP contribution in [0.25, 0.3) is 0 Å². The van der Waals surface area contributed by atoms with Gasteiger partial charge in [-0.2, -0.15) is 0 Å². The van der Waals surface area contributed by atoms with Crippen LogP contribution in [-0.4, -0.2) is 26.8 Å². The highest BCUT2D eigenvalue weighted by Gasteiger charge is 2.16. The summed E-state index contributed by atoms with van der Waals surface area (Å²) in [6.45, 7) is 6.99. The van der Waals surface area contributed by atoms with Crippen molar-refractivity contribution < 1.29 is 9.13 Å². The number of halogens is 1. The third kappa shape index (κ3) is 6.02. The molecule has 0 aromatic heterocycles. The lowest BCUT2D eigenvalue weighted by Crippen LogP contribution is -2.26. The van der Waals surface area contributed by atoms with Crippen LogP contribution in [0.3, 0.4) is 0 Å². The number of hydrogen-bond donors (Lipinski definition) is 1. The summed E-state index contributed by atoms with van der Waals surface area (Å²) in [4.78, 5) is 0. The molecule has 1 N–H and O–H groups in total. The molecule has 1 unspecified atom stereocenters. The number of rotatable bonds is 10. The van der Waals surface area contributed by atoms with Gasteiger partial charge in [0.2, 0.25) is 0 Å². The van der Waals surface area contributed by atoms with Crippen LogP contribution >= 0.6 is 0 Å². The molecule has 0 aliphatic rings. The molecule has 20 heavy (non-hydrogen) atoms. The van der Waals surface area contributed by atoms with Gasteiger partial charge in [-0.05, 0) is 36.0 Å². The first-order valence-electron chi connectivity index (χ1n) is 7.66. The third-order valence-corrected chi connectivity index (χ3v) is 3.99. The summed E-state index contributed by atoms with van der Waals surface area (Å²) >= 11 is 0. The van der Waals surface area contributed by atoms with Gasteiger partial charge in [0, 0.05) is 20.2 Å². The van der Waals surface area contributed by atoms with Gasteiger partial charge in [-0.15, -0.1) is 0 Å². The molecule has 0 saturated heterocycles. The minimum absolute atomic E-state index is 0.164. The summed E-state index contributed by atoms with van der Waals surface area (Å²) < 4.78 is 18.1. The predicted octanol–water partition coefficient (Wildman–Crippen LogP) is 3.97. The quantitative estimate of drug-likeness (QED) is 0.655. The SMILES string of the molecule is CCC(CC)CC(CNCCOC)c1ccc(F)cc1. The summed E-state index contributed by atoms with van der Waals surface area (Å²) in [7, 11) is 1.71. The Morgan fingerprint density at radius 3 is 2.35 bits per heavy atom. The Morgan fingerprint density at radius 2 is 1.80 bits per heavy atom. The fourth-order valence-corrected chi connectivity index (χ4v) is 2.55. The normalized spacial score (nSPS) is 12.8. The minimum Gasteiger partial charge on any atom is -0.383 e. The van der Waals surface area contributed by atoms with Crippen LogP contribution in [0.1, 0.15) is 44.6 Å². The average molecular weight is 281 g/mol. The van der Waals surface area contributed by atoms with Crippen molar-refractivity contribution in [1.29, 1.82) is 0 Å². The van der Waals surface area contributed by atoms with Crippen molar-refractivity contribution in [2.75, 3.05) is 26.8 Å². The topological polar surface area (TPSA) is 21.3 Å². The number of ether oxygens (including phenoxy) is 1. The first kappa shape index (κ1) is 17.1. The average Bonchev–Trinajstić information content (AvgIpc) is 2.48. The molecule has 1 rings (SSSR count). The van der Waals surface area contributed by atoms with Gasteiger partial charge in [0.25, 0.3) is 0 Å². The second-order valence-electron chi connectivity index (χ2n) is 5.36. The van der Waals surface area contributed by atoms with Gasteiger partial charge in [0.15, 0.2) is 0 Å². The number of nitrogens with one attached hydrogen (secondary N) is 1. The van der Waals surface area contributed by atoms with Gasteiger partial charge in [-0.25, -0.2) is 4.39 Å². The van der Waals surface area contributed by atoms with E-state index in [1.807, 2.05) is 12.1 Å². The van der Waals surface area contributed by atoms with E-state index in [1.54, 1.807) is 19.2 Å². The van der Waals surface area contributed by atoms with Gasteiger partial charge >= 0.3 is 0 Å². The Balaban J connectivity index is 2.64. The van der Waals surface area contributed by atoms with Crippen molar-refractivity contribution in [2.45, 2.75) is 39.0 Å². The van der Waals surface area contributed by atoms with Gasteiger partial charge in [0.1, 0.15) is 5.82 Å². The van der Waals surface area contributed by atoms with Crippen molar-refractivity contribution in [2.24, 2.45) is 5.92 Å². The summed E-state index contributed by atoms with van der Waals surface area (Å²) in [6, 6.07) is 6.95. The maximum absolute atomic E-state index is 13.1. The molecule has 0 spiro atoms. The Hall–Kier alpha value is -0.930. The smallest absolute Gasteiger partial charge is 0.123 e. The fourth-order valence-electron chi connectivity index (χ4n) is 2.55. The predicted molar refractivity (Wildman–Crippen MR) is 82.6 cm³/mol. The summed E-state index contributed by atoms with van der Waals surface area (Å²) in [5.74, 6) is 1.01. The maximum Gasteiger partial charge on any atom is 0.123 e. The second-order valence-corrected chi connectivity index (χ2v) is 5.36. The van der Waals surface area contributed by atoms with Crippen LogP contribution in [0.5, 0.6) is 0 Å². The third-order valence-electron chi connectivity index (χ3n) is 3.99. The molecule has 0 aliphatic heterocycles. The summed E-state index contributed by atoms with van der Waals surface area (Å²) in [5, 5.41) is 3.43. The van der Waals surface area contributed by atoms with E-state index in [0.717, 1.165) is 32.0 Å². The van der Waals surface area contributed by atoms with Crippen LogP contribution in [0.4, 0.5) is 4.39 Å². The lowest BCUT2D eigenvalue weighted by Gasteiger charge is -2.23. The zero-order chi connectivity index (χ0) is 14.8. The monoisotopic (exact) mass is 281 g/mol. The van der Waals surface area contributed by atoms with Crippen molar-refractivity contribution in [1.82, 2.24) is 5.32 Å². The van der Waals surface area contributed by atoms with Crippen LogP contribution in [0.15, 0.2) is 24.3 Å². The number of methoxy groups -OCH3 is 1. The van der Waals surface area contributed by atoms with Crippen LogP contribution in [0, 0.1) is 11.7 Å². The minimum atomic E-state index is -0.164. The summed E-state index contributed by atoms with van der Waals surface area (Å²) in [6.07, 6.45) is 3.55. The van der Waals surface area contributed by atoms with E-state index in [-0.39, 0.29) is 5.82 Å². The molecule has 2 nitrogen and oxygen atoms in total. The number of benzene rings is 1. The Bertz CT molecular complexity index is 349. The fraction of sp³-hybridized carbons (Fsp3) is 0.647. The first-order chi connectivity index (χ1) is 9.71. The van der Waals surface area contributed by atoms with E-state index in [9.17, 15) is 4.39 Å². The molecule has 0 amide bonds. The maximum atomic E-state index is 13.1. The Labute approximate surface area is 122 Å². The van der Waals surface area contributed by atoms with Crippen LogP contribution in [-0.2, 0) is 4.74 Å². The van der Waals surface area contributed by atoms with Gasteiger partial charge < -0.3 is 10.1 Å². The lowest BCUT2D eigenvalue weighted by molar-refractivity contribution is 0.198. The molecule has 0 fully saturated rings. The lowest BCUT2D eigenvalue weighted by atomic mass is 9.86.